The van der Waals surface area contributed by atoms with Crippen LogP contribution in [0.4, 0.5) is 22.9 Å². The van der Waals surface area contributed by atoms with Gasteiger partial charge in [0.05, 0.1) is 11.3 Å². The fourth-order valence-corrected chi connectivity index (χ4v) is 5.01. The molecule has 0 saturated heterocycles. The van der Waals surface area contributed by atoms with Crippen LogP contribution in [-0.2, 0) is 18.9 Å². The minimum atomic E-state index is -0.283. The van der Waals surface area contributed by atoms with E-state index in [0.29, 0.717) is 22.6 Å². The van der Waals surface area contributed by atoms with Crippen molar-refractivity contribution in [3.63, 3.8) is 0 Å². The maximum Gasteiger partial charge on any atom is 0.293 e. The Morgan fingerprint density at radius 3 is 2.35 bits per heavy atom. The van der Waals surface area contributed by atoms with Gasteiger partial charge in [-0.1, -0.05) is 65.0 Å². The van der Waals surface area contributed by atoms with Gasteiger partial charge >= 0.3 is 0 Å². The van der Waals surface area contributed by atoms with E-state index in [1.54, 1.807) is 19.3 Å². The molecule has 4 aromatic rings. The van der Waals surface area contributed by atoms with Crippen LogP contribution in [-0.4, -0.2) is 40.0 Å². The maximum atomic E-state index is 13.2. The lowest BCUT2D eigenvalue weighted by Crippen LogP contribution is -2.25. The molecule has 0 unspecified atom stereocenters. The smallest absolute Gasteiger partial charge is 0.293 e. The summed E-state index contributed by atoms with van der Waals surface area (Å²) in [6, 6.07) is 19.3. The molecule has 0 spiro atoms. The Morgan fingerprint density at radius 2 is 1.72 bits per heavy atom. The van der Waals surface area contributed by atoms with Crippen molar-refractivity contribution < 1.29 is 4.79 Å². The third-order valence-electron chi connectivity index (χ3n) is 7.92. The highest BCUT2D eigenvalue weighted by molar-refractivity contribution is 6.08. The first kappa shape index (κ1) is 31.5. The Balaban J connectivity index is 1.56. The highest BCUT2D eigenvalue weighted by Gasteiger charge is 2.19. The Hall–Kier alpha value is -4.43. The van der Waals surface area contributed by atoms with Crippen molar-refractivity contribution in [1.29, 1.82) is 0 Å². The SMILES string of the molecule is CCN(CC)CCc1ccc(Nc2nc(-c3cccc(NC(=O)c4ccc(C(C)(C)C)cc4N)c3C)cn(C)c2=O)cc1. The summed E-state index contributed by atoms with van der Waals surface area (Å²) in [5.41, 5.74) is 12.8. The van der Waals surface area contributed by atoms with Crippen LogP contribution in [0.2, 0.25) is 0 Å². The van der Waals surface area contributed by atoms with Gasteiger partial charge in [-0.2, -0.15) is 0 Å². The molecule has 1 heterocycles. The molecule has 3 aromatic carbocycles. The molecule has 4 N–H and O–H groups in total. The van der Waals surface area contributed by atoms with Crippen LogP contribution in [0.1, 0.15) is 61.7 Å². The molecule has 0 aliphatic carbocycles. The van der Waals surface area contributed by atoms with Gasteiger partial charge in [0.25, 0.3) is 11.5 Å². The van der Waals surface area contributed by atoms with E-state index >= 15 is 0 Å². The molecule has 8 nitrogen and oxygen atoms in total. The number of aryl methyl sites for hydroxylation is 1. The number of carbonyl (C=O) groups excluding carboxylic acids is 1. The summed E-state index contributed by atoms with van der Waals surface area (Å²) in [4.78, 5) is 33.3. The number of nitrogens with zero attached hydrogens (tertiary/aromatic N) is 3. The number of benzene rings is 3. The lowest BCUT2D eigenvalue weighted by atomic mass is 9.86. The van der Waals surface area contributed by atoms with Crippen LogP contribution in [0.3, 0.4) is 0 Å². The van der Waals surface area contributed by atoms with Crippen molar-refractivity contribution in [2.45, 2.75) is 53.4 Å². The second-order valence-corrected chi connectivity index (χ2v) is 12.0. The van der Waals surface area contributed by atoms with Crippen LogP contribution in [0.25, 0.3) is 11.3 Å². The standard InChI is InChI=1S/C35H44N6O2/c1-8-41(9-2)20-19-24-13-16-26(17-14-24)37-32-34(43)40(7)22-31(38-32)27-11-10-12-30(23(27)3)39-33(42)28-18-15-25(21-29(28)36)35(4,5)6/h10-18,21-22H,8-9,19-20,36H2,1-7H3,(H,37,38)(H,39,42). The second-order valence-electron chi connectivity index (χ2n) is 12.0. The van der Waals surface area contributed by atoms with Gasteiger partial charge in [0, 0.05) is 42.4 Å². The third-order valence-corrected chi connectivity index (χ3v) is 7.92. The third kappa shape index (κ3) is 7.51. The summed E-state index contributed by atoms with van der Waals surface area (Å²) in [6.45, 7) is 15.7. The highest BCUT2D eigenvalue weighted by Crippen LogP contribution is 2.30. The van der Waals surface area contributed by atoms with Crippen molar-refractivity contribution in [1.82, 2.24) is 14.5 Å². The van der Waals surface area contributed by atoms with Crippen molar-refractivity contribution in [3.05, 3.63) is 99.5 Å². The molecule has 1 amide bonds. The largest absolute Gasteiger partial charge is 0.398 e. The van der Waals surface area contributed by atoms with Gasteiger partial charge in [-0.25, -0.2) is 4.98 Å². The second kappa shape index (κ2) is 13.3. The molecule has 43 heavy (non-hydrogen) atoms. The predicted octanol–water partition coefficient (Wildman–Crippen LogP) is 6.52. The molecule has 1 aromatic heterocycles. The lowest BCUT2D eigenvalue weighted by molar-refractivity contribution is 0.102. The van der Waals surface area contributed by atoms with E-state index in [-0.39, 0.29) is 22.7 Å². The van der Waals surface area contributed by atoms with E-state index in [9.17, 15) is 9.59 Å². The molecule has 0 atom stereocenters. The number of anilines is 4. The summed E-state index contributed by atoms with van der Waals surface area (Å²) in [5.74, 6) is -0.0500. The van der Waals surface area contributed by atoms with Gasteiger partial charge in [0.1, 0.15) is 0 Å². The van der Waals surface area contributed by atoms with Gasteiger partial charge in [-0.05, 0) is 78.9 Å². The normalized spacial score (nSPS) is 11.5. The Kier molecular flexibility index (Phi) is 9.71. The Labute approximate surface area is 255 Å². The average molecular weight is 581 g/mol. The molecule has 0 aliphatic rings. The topological polar surface area (TPSA) is 105 Å². The van der Waals surface area contributed by atoms with Crippen molar-refractivity contribution >= 4 is 28.8 Å². The van der Waals surface area contributed by atoms with E-state index in [2.05, 4.69) is 62.3 Å². The van der Waals surface area contributed by atoms with E-state index in [1.165, 1.54) is 10.1 Å². The number of rotatable bonds is 10. The summed E-state index contributed by atoms with van der Waals surface area (Å²) in [6.07, 6.45) is 2.68. The quantitative estimate of drug-likeness (QED) is 0.185. The van der Waals surface area contributed by atoms with Crippen LogP contribution in [0.5, 0.6) is 0 Å². The van der Waals surface area contributed by atoms with E-state index in [4.69, 9.17) is 10.7 Å². The number of hydrogen-bond acceptors (Lipinski definition) is 6. The summed E-state index contributed by atoms with van der Waals surface area (Å²) in [5, 5.41) is 6.22. The van der Waals surface area contributed by atoms with Gasteiger partial charge in [-0.3, -0.25) is 9.59 Å². The molecule has 226 valence electrons. The first-order chi connectivity index (χ1) is 20.4. The zero-order chi connectivity index (χ0) is 31.3. The molecular formula is C35H44N6O2. The number of hydrogen-bond donors (Lipinski definition) is 3. The molecule has 0 aliphatic heterocycles. The molecule has 8 heteroatoms. The number of aromatic nitrogens is 2. The van der Waals surface area contributed by atoms with Gasteiger partial charge in [-0.15, -0.1) is 0 Å². The maximum absolute atomic E-state index is 13.2. The van der Waals surface area contributed by atoms with Crippen molar-refractivity contribution in [3.8, 4) is 11.3 Å². The molecular weight excluding hydrogens is 536 g/mol. The number of nitrogens with two attached hydrogens (primary N) is 1. The zero-order valence-electron chi connectivity index (χ0n) is 26.4. The van der Waals surface area contributed by atoms with Gasteiger partial charge in [0.15, 0.2) is 5.82 Å². The highest BCUT2D eigenvalue weighted by atomic mass is 16.1. The predicted molar refractivity (Wildman–Crippen MR) is 178 cm³/mol. The first-order valence-electron chi connectivity index (χ1n) is 14.9. The molecule has 0 saturated carbocycles. The Morgan fingerprint density at radius 1 is 1.02 bits per heavy atom. The summed E-state index contributed by atoms with van der Waals surface area (Å²) >= 11 is 0. The molecule has 0 radical (unpaired) electrons. The number of amides is 1. The van der Waals surface area contributed by atoms with Crippen LogP contribution >= 0.6 is 0 Å². The minimum absolute atomic E-state index is 0.0703. The zero-order valence-corrected chi connectivity index (χ0v) is 26.4. The molecule has 0 bridgehead atoms. The first-order valence-corrected chi connectivity index (χ1v) is 14.9. The fraction of sp³-hybridized carbons (Fsp3) is 0.343. The van der Waals surface area contributed by atoms with Gasteiger partial charge < -0.3 is 25.8 Å². The number of nitrogen functional groups attached to an aromatic ring is 1. The van der Waals surface area contributed by atoms with Crippen LogP contribution in [0, 0.1) is 6.92 Å². The fourth-order valence-electron chi connectivity index (χ4n) is 5.01. The number of carbonyl (C=O) groups is 1. The summed E-state index contributed by atoms with van der Waals surface area (Å²) < 4.78 is 1.52. The monoisotopic (exact) mass is 580 g/mol. The summed E-state index contributed by atoms with van der Waals surface area (Å²) in [7, 11) is 1.71. The number of likely N-dealkylation sites (N-methyl/N-ethyl adjacent to an activating group) is 1. The van der Waals surface area contributed by atoms with Crippen LogP contribution < -0.4 is 21.9 Å². The van der Waals surface area contributed by atoms with Gasteiger partial charge in [0.2, 0.25) is 0 Å². The van der Waals surface area contributed by atoms with E-state index in [0.717, 1.165) is 48.4 Å². The average Bonchev–Trinajstić information content (AvgIpc) is 2.97. The minimum Gasteiger partial charge on any atom is -0.398 e. The molecule has 4 rings (SSSR count). The van der Waals surface area contributed by atoms with Crippen molar-refractivity contribution in [2.24, 2.45) is 7.05 Å². The lowest BCUT2D eigenvalue weighted by Gasteiger charge is -2.20. The van der Waals surface area contributed by atoms with E-state index < -0.39 is 0 Å². The Bertz CT molecular complexity index is 1650. The van der Waals surface area contributed by atoms with Crippen LogP contribution in [0.15, 0.2) is 71.7 Å². The van der Waals surface area contributed by atoms with E-state index in [1.807, 2.05) is 49.4 Å². The van der Waals surface area contributed by atoms with Crippen molar-refractivity contribution in [2.75, 3.05) is 36.0 Å². The molecule has 0 fully saturated rings. The number of nitrogens with one attached hydrogen (secondary N) is 2.